The van der Waals surface area contributed by atoms with E-state index in [1.807, 2.05) is 0 Å². The minimum atomic E-state index is 1.15. The van der Waals surface area contributed by atoms with Gasteiger partial charge in [-0.15, -0.1) is 0 Å². The standard InChI is InChI=1S/C12H19N/c1-4-5-9-13(3)12-8-6-7-11(2)10-12/h6-8,10H,4-5,9H2,1-3H3. The van der Waals surface area contributed by atoms with E-state index in [9.17, 15) is 0 Å². The van der Waals surface area contributed by atoms with Crippen molar-refractivity contribution < 1.29 is 0 Å². The van der Waals surface area contributed by atoms with Gasteiger partial charge in [-0.1, -0.05) is 25.5 Å². The Balaban J connectivity index is 2.60. The SMILES string of the molecule is CCCCN(C)c1cccc(C)c1. The maximum Gasteiger partial charge on any atom is 0.0366 e. The Hall–Kier alpha value is -0.980. The van der Waals surface area contributed by atoms with Crippen LogP contribution >= 0.6 is 0 Å². The molecule has 0 saturated carbocycles. The van der Waals surface area contributed by atoms with E-state index >= 15 is 0 Å². The van der Waals surface area contributed by atoms with E-state index in [1.54, 1.807) is 0 Å². The zero-order chi connectivity index (χ0) is 9.68. The molecule has 0 spiro atoms. The van der Waals surface area contributed by atoms with Crippen molar-refractivity contribution in [3.8, 4) is 0 Å². The van der Waals surface area contributed by atoms with E-state index in [-0.39, 0.29) is 0 Å². The molecular weight excluding hydrogens is 158 g/mol. The summed E-state index contributed by atoms with van der Waals surface area (Å²) in [4.78, 5) is 2.32. The Morgan fingerprint density at radius 3 is 2.69 bits per heavy atom. The Kier molecular flexibility index (Phi) is 3.81. The summed E-state index contributed by atoms with van der Waals surface area (Å²) in [7, 11) is 2.16. The number of hydrogen-bond donors (Lipinski definition) is 0. The zero-order valence-electron chi connectivity index (χ0n) is 8.88. The minimum absolute atomic E-state index is 1.15. The van der Waals surface area contributed by atoms with Crippen LogP contribution in [0, 0.1) is 6.92 Å². The number of hydrogen-bond acceptors (Lipinski definition) is 1. The van der Waals surface area contributed by atoms with Crippen LogP contribution in [-0.4, -0.2) is 13.6 Å². The second-order valence-corrected chi connectivity index (χ2v) is 3.61. The van der Waals surface area contributed by atoms with Crippen LogP contribution in [0.15, 0.2) is 24.3 Å². The highest BCUT2D eigenvalue weighted by Crippen LogP contribution is 2.14. The number of unbranched alkanes of at least 4 members (excludes halogenated alkanes) is 1. The second-order valence-electron chi connectivity index (χ2n) is 3.61. The number of aryl methyl sites for hydroxylation is 1. The molecule has 0 atom stereocenters. The predicted octanol–water partition coefficient (Wildman–Crippen LogP) is 3.23. The third-order valence-corrected chi connectivity index (χ3v) is 2.29. The van der Waals surface area contributed by atoms with E-state index in [2.05, 4.69) is 50.1 Å². The van der Waals surface area contributed by atoms with Gasteiger partial charge in [0.1, 0.15) is 0 Å². The van der Waals surface area contributed by atoms with Crippen molar-refractivity contribution in [2.45, 2.75) is 26.7 Å². The molecule has 1 aromatic carbocycles. The van der Waals surface area contributed by atoms with Crippen molar-refractivity contribution in [1.82, 2.24) is 0 Å². The summed E-state index contributed by atoms with van der Waals surface area (Å²) in [6.07, 6.45) is 2.53. The van der Waals surface area contributed by atoms with Gasteiger partial charge in [0.05, 0.1) is 0 Å². The molecule has 1 heteroatoms. The molecule has 0 heterocycles. The molecule has 0 amide bonds. The molecule has 13 heavy (non-hydrogen) atoms. The van der Waals surface area contributed by atoms with Crippen molar-refractivity contribution in [2.75, 3.05) is 18.5 Å². The third-order valence-electron chi connectivity index (χ3n) is 2.29. The number of anilines is 1. The summed E-state index contributed by atoms with van der Waals surface area (Å²) >= 11 is 0. The highest BCUT2D eigenvalue weighted by Gasteiger charge is 1.98. The molecule has 0 aliphatic rings. The topological polar surface area (TPSA) is 3.24 Å². The molecule has 0 saturated heterocycles. The smallest absolute Gasteiger partial charge is 0.0366 e. The zero-order valence-corrected chi connectivity index (χ0v) is 8.88. The Labute approximate surface area is 81.4 Å². The van der Waals surface area contributed by atoms with Crippen LogP contribution in [0.2, 0.25) is 0 Å². The van der Waals surface area contributed by atoms with E-state index in [1.165, 1.54) is 24.1 Å². The lowest BCUT2D eigenvalue weighted by Crippen LogP contribution is -2.18. The van der Waals surface area contributed by atoms with Crippen LogP contribution in [0.25, 0.3) is 0 Å². The molecule has 1 rings (SSSR count). The maximum absolute atomic E-state index is 2.32. The molecule has 72 valence electrons. The van der Waals surface area contributed by atoms with Gasteiger partial charge < -0.3 is 4.90 Å². The molecule has 0 bridgehead atoms. The lowest BCUT2D eigenvalue weighted by molar-refractivity contribution is 0.766. The van der Waals surface area contributed by atoms with Gasteiger partial charge in [-0.2, -0.15) is 0 Å². The van der Waals surface area contributed by atoms with Gasteiger partial charge in [-0.3, -0.25) is 0 Å². The first-order valence-corrected chi connectivity index (χ1v) is 5.02. The monoisotopic (exact) mass is 177 g/mol. The fourth-order valence-corrected chi connectivity index (χ4v) is 1.39. The van der Waals surface area contributed by atoms with Gasteiger partial charge in [0, 0.05) is 19.3 Å². The quantitative estimate of drug-likeness (QED) is 0.682. The van der Waals surface area contributed by atoms with Gasteiger partial charge in [0.25, 0.3) is 0 Å². The molecule has 0 aromatic heterocycles. The van der Waals surface area contributed by atoms with Gasteiger partial charge in [0.15, 0.2) is 0 Å². The van der Waals surface area contributed by atoms with Gasteiger partial charge in [-0.25, -0.2) is 0 Å². The van der Waals surface area contributed by atoms with Gasteiger partial charge in [-0.05, 0) is 31.0 Å². The summed E-state index contributed by atoms with van der Waals surface area (Å²) < 4.78 is 0. The molecule has 0 aliphatic heterocycles. The molecule has 0 unspecified atom stereocenters. The molecular formula is C12H19N. The van der Waals surface area contributed by atoms with Crippen molar-refractivity contribution in [2.24, 2.45) is 0 Å². The summed E-state index contributed by atoms with van der Waals surface area (Å²) in [5.41, 5.74) is 2.66. The van der Waals surface area contributed by atoms with Crippen LogP contribution in [-0.2, 0) is 0 Å². The number of nitrogens with zero attached hydrogens (tertiary/aromatic N) is 1. The highest BCUT2D eigenvalue weighted by atomic mass is 15.1. The predicted molar refractivity (Wildman–Crippen MR) is 59.4 cm³/mol. The summed E-state index contributed by atoms with van der Waals surface area (Å²) in [6, 6.07) is 8.66. The number of benzene rings is 1. The van der Waals surface area contributed by atoms with E-state index in [0.29, 0.717) is 0 Å². The first kappa shape index (κ1) is 10.1. The minimum Gasteiger partial charge on any atom is -0.375 e. The van der Waals surface area contributed by atoms with Crippen molar-refractivity contribution in [1.29, 1.82) is 0 Å². The summed E-state index contributed by atoms with van der Waals surface area (Å²) in [5.74, 6) is 0. The fraction of sp³-hybridized carbons (Fsp3) is 0.500. The van der Waals surface area contributed by atoms with Gasteiger partial charge in [0.2, 0.25) is 0 Å². The molecule has 0 fully saturated rings. The largest absolute Gasteiger partial charge is 0.375 e. The molecule has 1 nitrogen and oxygen atoms in total. The fourth-order valence-electron chi connectivity index (χ4n) is 1.39. The first-order valence-electron chi connectivity index (χ1n) is 5.02. The van der Waals surface area contributed by atoms with Crippen molar-refractivity contribution >= 4 is 5.69 Å². The second kappa shape index (κ2) is 4.90. The maximum atomic E-state index is 2.32. The van der Waals surface area contributed by atoms with Crippen LogP contribution in [0.4, 0.5) is 5.69 Å². The normalized spacial score (nSPS) is 10.1. The molecule has 0 radical (unpaired) electrons. The lowest BCUT2D eigenvalue weighted by Gasteiger charge is -2.19. The van der Waals surface area contributed by atoms with Gasteiger partial charge >= 0.3 is 0 Å². The van der Waals surface area contributed by atoms with Crippen molar-refractivity contribution in [3.05, 3.63) is 29.8 Å². The van der Waals surface area contributed by atoms with Crippen molar-refractivity contribution in [3.63, 3.8) is 0 Å². The Morgan fingerprint density at radius 2 is 2.08 bits per heavy atom. The van der Waals surface area contributed by atoms with E-state index in [0.717, 1.165) is 6.54 Å². The lowest BCUT2D eigenvalue weighted by atomic mass is 10.2. The van der Waals surface area contributed by atoms with Crippen LogP contribution in [0.1, 0.15) is 25.3 Å². The summed E-state index contributed by atoms with van der Waals surface area (Å²) in [6.45, 7) is 5.52. The Bertz CT molecular complexity index is 255. The van der Waals surface area contributed by atoms with Crippen LogP contribution in [0.5, 0.6) is 0 Å². The molecule has 1 aromatic rings. The average molecular weight is 177 g/mol. The Morgan fingerprint density at radius 1 is 1.31 bits per heavy atom. The summed E-state index contributed by atoms with van der Waals surface area (Å²) in [5, 5.41) is 0. The first-order chi connectivity index (χ1) is 6.24. The van der Waals surface area contributed by atoms with Crippen LogP contribution < -0.4 is 4.90 Å². The van der Waals surface area contributed by atoms with E-state index in [4.69, 9.17) is 0 Å². The molecule has 0 N–H and O–H groups in total. The van der Waals surface area contributed by atoms with Crippen LogP contribution in [0.3, 0.4) is 0 Å². The van der Waals surface area contributed by atoms with E-state index < -0.39 is 0 Å². The highest BCUT2D eigenvalue weighted by molar-refractivity contribution is 5.47. The molecule has 0 aliphatic carbocycles. The number of rotatable bonds is 4. The average Bonchev–Trinajstić information content (AvgIpc) is 2.14. The third kappa shape index (κ3) is 3.10.